The lowest BCUT2D eigenvalue weighted by Gasteiger charge is -2.11. The number of hydrogen-bond donors (Lipinski definition) is 1. The minimum Gasteiger partial charge on any atom is -0.347 e. The Kier molecular flexibility index (Phi) is 4.19. The van der Waals surface area contributed by atoms with Gasteiger partial charge < -0.3 is 10.3 Å². The molecule has 0 aliphatic carbocycles. The van der Waals surface area contributed by atoms with E-state index in [0.717, 1.165) is 0 Å². The minimum atomic E-state index is -0.684. The third kappa shape index (κ3) is 2.89. The van der Waals surface area contributed by atoms with E-state index in [2.05, 4.69) is 15.9 Å². The van der Waals surface area contributed by atoms with Crippen LogP contribution in [0.5, 0.6) is 0 Å². The number of nitro groups is 1. The Morgan fingerprint density at radius 2 is 2.25 bits per heavy atom. The van der Waals surface area contributed by atoms with Crippen LogP contribution >= 0.6 is 15.9 Å². The van der Waals surface area contributed by atoms with Crippen molar-refractivity contribution in [2.45, 2.75) is 13.5 Å². The van der Waals surface area contributed by atoms with E-state index >= 15 is 0 Å². The number of pyridine rings is 1. The van der Waals surface area contributed by atoms with Gasteiger partial charge in [0.25, 0.3) is 5.43 Å². The Balaban J connectivity index is 3.14. The molecule has 0 aromatic carbocycles. The highest BCUT2D eigenvalue weighted by atomic mass is 79.9. The molecule has 0 aliphatic rings. The first-order valence-corrected chi connectivity index (χ1v) is 5.49. The van der Waals surface area contributed by atoms with Crippen molar-refractivity contribution in [3.63, 3.8) is 0 Å². The average molecular weight is 290 g/mol. The molecule has 0 amide bonds. The molecule has 88 valence electrons. The maximum absolute atomic E-state index is 11.4. The van der Waals surface area contributed by atoms with Gasteiger partial charge in [0.1, 0.15) is 0 Å². The summed E-state index contributed by atoms with van der Waals surface area (Å²) in [5, 5.41) is 10.6. The largest absolute Gasteiger partial charge is 0.347 e. The van der Waals surface area contributed by atoms with Crippen molar-refractivity contribution in [3.8, 4) is 0 Å². The lowest BCUT2D eigenvalue weighted by Crippen LogP contribution is -2.19. The van der Waals surface area contributed by atoms with Gasteiger partial charge in [0.15, 0.2) is 0 Å². The van der Waals surface area contributed by atoms with E-state index in [1.54, 1.807) is 4.57 Å². The molecule has 6 nitrogen and oxygen atoms in total. The first-order chi connectivity index (χ1) is 7.45. The molecule has 1 aromatic rings. The molecule has 0 bridgehead atoms. The van der Waals surface area contributed by atoms with Crippen molar-refractivity contribution in [3.05, 3.63) is 37.2 Å². The van der Waals surface area contributed by atoms with Gasteiger partial charge >= 0.3 is 5.69 Å². The van der Waals surface area contributed by atoms with Gasteiger partial charge in [0.2, 0.25) is 0 Å². The van der Waals surface area contributed by atoms with E-state index < -0.39 is 16.0 Å². The summed E-state index contributed by atoms with van der Waals surface area (Å²) in [5.74, 6) is 0.189. The number of hydrogen-bond acceptors (Lipinski definition) is 4. The van der Waals surface area contributed by atoms with Crippen LogP contribution in [0.1, 0.15) is 6.92 Å². The first-order valence-electron chi connectivity index (χ1n) is 4.69. The summed E-state index contributed by atoms with van der Waals surface area (Å²) >= 11 is 3.01. The van der Waals surface area contributed by atoms with Gasteiger partial charge in [-0.2, -0.15) is 0 Å². The van der Waals surface area contributed by atoms with Gasteiger partial charge in [-0.25, -0.2) is 0 Å². The molecule has 0 radical (unpaired) electrons. The number of rotatable bonds is 4. The maximum Gasteiger partial charge on any atom is 0.333 e. The molecule has 1 unspecified atom stereocenters. The Morgan fingerprint density at radius 1 is 1.62 bits per heavy atom. The predicted molar refractivity (Wildman–Crippen MR) is 63.3 cm³/mol. The summed E-state index contributed by atoms with van der Waals surface area (Å²) in [6.45, 7) is 2.95. The molecule has 1 heterocycles. The van der Waals surface area contributed by atoms with Crippen molar-refractivity contribution in [1.29, 1.82) is 0 Å². The lowest BCUT2D eigenvalue weighted by molar-refractivity contribution is -0.386. The number of halogens is 1. The van der Waals surface area contributed by atoms with E-state index in [4.69, 9.17) is 5.73 Å². The summed E-state index contributed by atoms with van der Waals surface area (Å²) in [6, 6.07) is 0. The van der Waals surface area contributed by atoms with Crippen LogP contribution < -0.4 is 11.2 Å². The molecule has 0 saturated carbocycles. The third-order valence-electron chi connectivity index (χ3n) is 2.14. The molecule has 7 heteroatoms. The summed E-state index contributed by atoms with van der Waals surface area (Å²) in [4.78, 5) is 21.3. The molecule has 0 aliphatic heterocycles. The van der Waals surface area contributed by atoms with E-state index in [9.17, 15) is 14.9 Å². The van der Waals surface area contributed by atoms with Crippen molar-refractivity contribution in [2.24, 2.45) is 11.7 Å². The highest BCUT2D eigenvalue weighted by molar-refractivity contribution is 9.10. The Bertz CT molecular complexity index is 458. The van der Waals surface area contributed by atoms with Gasteiger partial charge in [-0.15, -0.1) is 0 Å². The summed E-state index contributed by atoms with van der Waals surface area (Å²) < 4.78 is 1.78. The van der Waals surface area contributed by atoms with Gasteiger partial charge in [-0.1, -0.05) is 6.92 Å². The van der Waals surface area contributed by atoms with Crippen LogP contribution in [0.4, 0.5) is 5.69 Å². The van der Waals surface area contributed by atoms with Gasteiger partial charge in [-0.3, -0.25) is 14.9 Å². The van der Waals surface area contributed by atoms with E-state index in [0.29, 0.717) is 13.1 Å². The Labute approximate surface area is 100 Å². The minimum absolute atomic E-state index is 0.186. The molecule has 1 atom stereocenters. The zero-order valence-corrected chi connectivity index (χ0v) is 10.3. The van der Waals surface area contributed by atoms with E-state index in [1.807, 2.05) is 6.92 Å². The summed E-state index contributed by atoms with van der Waals surface area (Å²) in [7, 11) is 0. The maximum atomic E-state index is 11.4. The monoisotopic (exact) mass is 289 g/mol. The SMILES string of the molecule is CC(CN)Cn1cc(Br)c(=O)c([N+](=O)[O-])c1. The van der Waals surface area contributed by atoms with E-state index in [-0.39, 0.29) is 10.4 Å². The van der Waals surface area contributed by atoms with Crippen LogP contribution in [-0.4, -0.2) is 16.0 Å². The zero-order valence-electron chi connectivity index (χ0n) is 8.72. The highest BCUT2D eigenvalue weighted by Crippen LogP contribution is 2.12. The Hall–Kier alpha value is -1.21. The second kappa shape index (κ2) is 5.22. The normalized spacial score (nSPS) is 12.4. The molecule has 0 saturated heterocycles. The smallest absolute Gasteiger partial charge is 0.333 e. The quantitative estimate of drug-likeness (QED) is 0.664. The van der Waals surface area contributed by atoms with Crippen LogP contribution in [0, 0.1) is 16.0 Å². The predicted octanol–water partition coefficient (Wildman–Crippen LogP) is 1.11. The number of nitrogens with two attached hydrogens (primary N) is 1. The molecular formula is C9H12BrN3O3. The van der Waals surface area contributed by atoms with Crippen molar-refractivity contribution < 1.29 is 4.92 Å². The van der Waals surface area contributed by atoms with Crippen LogP contribution in [0.3, 0.4) is 0 Å². The second-order valence-corrected chi connectivity index (χ2v) is 4.47. The van der Waals surface area contributed by atoms with Crippen LogP contribution in [-0.2, 0) is 6.54 Å². The Morgan fingerprint density at radius 3 is 2.75 bits per heavy atom. The molecule has 1 aromatic heterocycles. The fourth-order valence-corrected chi connectivity index (χ4v) is 1.72. The van der Waals surface area contributed by atoms with Crippen molar-refractivity contribution in [1.82, 2.24) is 4.57 Å². The van der Waals surface area contributed by atoms with Gasteiger partial charge in [0, 0.05) is 12.7 Å². The highest BCUT2D eigenvalue weighted by Gasteiger charge is 2.16. The van der Waals surface area contributed by atoms with Gasteiger partial charge in [0.05, 0.1) is 15.6 Å². The molecule has 0 spiro atoms. The first kappa shape index (κ1) is 12.9. The lowest BCUT2D eigenvalue weighted by atomic mass is 10.2. The topological polar surface area (TPSA) is 91.2 Å². The number of nitrogens with zero attached hydrogens (tertiary/aromatic N) is 2. The van der Waals surface area contributed by atoms with Gasteiger partial charge in [-0.05, 0) is 28.4 Å². The molecule has 1 rings (SSSR count). The molecule has 2 N–H and O–H groups in total. The molecular weight excluding hydrogens is 278 g/mol. The summed E-state index contributed by atoms with van der Waals surface area (Å²) in [6.07, 6.45) is 2.76. The number of aromatic nitrogens is 1. The van der Waals surface area contributed by atoms with E-state index in [1.165, 1.54) is 12.4 Å². The molecule has 16 heavy (non-hydrogen) atoms. The van der Waals surface area contributed by atoms with Crippen molar-refractivity contribution >= 4 is 21.6 Å². The second-order valence-electron chi connectivity index (χ2n) is 3.62. The zero-order chi connectivity index (χ0) is 12.3. The standard InChI is InChI=1S/C9H12BrN3O3/c1-6(2-11)3-12-4-7(10)9(14)8(5-12)13(15)16/h4-6H,2-3,11H2,1H3. The fraction of sp³-hybridized carbons (Fsp3) is 0.444. The fourth-order valence-electron chi connectivity index (χ4n) is 1.25. The van der Waals surface area contributed by atoms with Crippen molar-refractivity contribution in [2.75, 3.05) is 6.54 Å². The van der Waals surface area contributed by atoms with Crippen LogP contribution in [0.15, 0.2) is 21.7 Å². The van der Waals surface area contributed by atoms with Crippen LogP contribution in [0.2, 0.25) is 0 Å². The average Bonchev–Trinajstić information content (AvgIpc) is 2.22. The summed E-state index contributed by atoms with van der Waals surface area (Å²) in [5.41, 5.74) is 4.42. The third-order valence-corrected chi connectivity index (χ3v) is 2.70. The van der Waals surface area contributed by atoms with Crippen LogP contribution in [0.25, 0.3) is 0 Å². The molecule has 0 fully saturated rings.